The van der Waals surface area contributed by atoms with E-state index in [4.69, 9.17) is 0 Å². The second kappa shape index (κ2) is 8.02. The summed E-state index contributed by atoms with van der Waals surface area (Å²) in [6.45, 7) is 5.85. The van der Waals surface area contributed by atoms with Gasteiger partial charge in [0.2, 0.25) is 0 Å². The maximum absolute atomic E-state index is 4.59. The molecule has 1 aromatic rings. The summed E-state index contributed by atoms with van der Waals surface area (Å²) >= 11 is 1.65. The molecule has 2 atom stereocenters. The van der Waals surface area contributed by atoms with E-state index in [1.54, 1.807) is 11.3 Å². The SMILES string of the molecule is CCNC(=NCc1csc(N(C)C)n1)NC1CC1C.I. The Morgan fingerprint density at radius 3 is 2.75 bits per heavy atom. The summed E-state index contributed by atoms with van der Waals surface area (Å²) in [5, 5.41) is 9.82. The monoisotopic (exact) mass is 409 g/mol. The van der Waals surface area contributed by atoms with E-state index in [1.165, 1.54) is 6.42 Å². The van der Waals surface area contributed by atoms with Crippen LogP contribution in [0.15, 0.2) is 10.4 Å². The molecule has 1 aliphatic rings. The summed E-state index contributed by atoms with van der Waals surface area (Å²) in [7, 11) is 4.01. The van der Waals surface area contributed by atoms with Crippen LogP contribution in [0.5, 0.6) is 0 Å². The van der Waals surface area contributed by atoms with Crippen molar-refractivity contribution in [2.75, 3.05) is 25.5 Å². The number of hydrogen-bond donors (Lipinski definition) is 2. The highest BCUT2D eigenvalue weighted by molar-refractivity contribution is 14.0. The lowest BCUT2D eigenvalue weighted by molar-refractivity contribution is 0.765. The quantitative estimate of drug-likeness (QED) is 0.445. The molecule has 0 spiro atoms. The van der Waals surface area contributed by atoms with E-state index < -0.39 is 0 Å². The van der Waals surface area contributed by atoms with Gasteiger partial charge in [-0.1, -0.05) is 6.92 Å². The van der Waals surface area contributed by atoms with Gasteiger partial charge < -0.3 is 15.5 Å². The normalized spacial score (nSPS) is 21.1. The summed E-state index contributed by atoms with van der Waals surface area (Å²) in [5.74, 6) is 1.67. The molecule has 1 aromatic heterocycles. The molecule has 0 aliphatic heterocycles. The molecule has 1 aliphatic carbocycles. The number of aliphatic imine (C=N–C) groups is 1. The maximum Gasteiger partial charge on any atom is 0.191 e. The number of rotatable bonds is 5. The van der Waals surface area contributed by atoms with Gasteiger partial charge in [-0.05, 0) is 19.3 Å². The predicted octanol–water partition coefficient (Wildman–Crippen LogP) is 2.29. The highest BCUT2D eigenvalue weighted by atomic mass is 127. The minimum Gasteiger partial charge on any atom is -0.357 e. The van der Waals surface area contributed by atoms with Crippen molar-refractivity contribution in [2.45, 2.75) is 32.9 Å². The number of guanidine groups is 1. The average molecular weight is 409 g/mol. The largest absolute Gasteiger partial charge is 0.357 e. The molecule has 2 rings (SSSR count). The number of aromatic nitrogens is 1. The lowest BCUT2D eigenvalue weighted by Crippen LogP contribution is -2.39. The van der Waals surface area contributed by atoms with Crippen LogP contribution in [-0.4, -0.2) is 37.6 Å². The Hall–Kier alpha value is -0.570. The molecule has 0 bridgehead atoms. The Labute approximate surface area is 142 Å². The van der Waals surface area contributed by atoms with Gasteiger partial charge >= 0.3 is 0 Å². The van der Waals surface area contributed by atoms with Gasteiger partial charge in [-0.2, -0.15) is 0 Å². The fourth-order valence-electron chi connectivity index (χ4n) is 1.75. The van der Waals surface area contributed by atoms with Crippen LogP contribution < -0.4 is 15.5 Å². The zero-order valence-corrected chi connectivity index (χ0v) is 15.7. The topological polar surface area (TPSA) is 52.6 Å². The fourth-order valence-corrected chi connectivity index (χ4v) is 2.50. The fraction of sp³-hybridized carbons (Fsp3) is 0.692. The van der Waals surface area contributed by atoms with Gasteiger partial charge in [0.05, 0.1) is 12.2 Å². The second-order valence-electron chi connectivity index (χ2n) is 5.17. The van der Waals surface area contributed by atoms with Crippen LogP contribution in [0.4, 0.5) is 5.13 Å². The van der Waals surface area contributed by atoms with Crippen molar-refractivity contribution in [2.24, 2.45) is 10.9 Å². The zero-order valence-electron chi connectivity index (χ0n) is 12.5. The first-order chi connectivity index (χ1) is 9.10. The van der Waals surface area contributed by atoms with Crippen molar-refractivity contribution >= 4 is 46.4 Å². The van der Waals surface area contributed by atoms with Crippen LogP contribution in [0.25, 0.3) is 0 Å². The molecular weight excluding hydrogens is 385 g/mol. The number of anilines is 1. The van der Waals surface area contributed by atoms with E-state index in [0.29, 0.717) is 12.6 Å². The summed E-state index contributed by atoms with van der Waals surface area (Å²) in [6.07, 6.45) is 1.24. The van der Waals surface area contributed by atoms with Crippen LogP contribution >= 0.6 is 35.3 Å². The first kappa shape index (κ1) is 17.5. The van der Waals surface area contributed by atoms with Crippen molar-refractivity contribution in [3.63, 3.8) is 0 Å². The van der Waals surface area contributed by atoms with Gasteiger partial charge in [-0.15, -0.1) is 35.3 Å². The summed E-state index contributed by atoms with van der Waals surface area (Å²) in [4.78, 5) is 11.1. The lowest BCUT2D eigenvalue weighted by Gasteiger charge is -2.10. The predicted molar refractivity (Wildman–Crippen MR) is 97.4 cm³/mol. The van der Waals surface area contributed by atoms with Gasteiger partial charge in [0.15, 0.2) is 11.1 Å². The van der Waals surface area contributed by atoms with Crippen LogP contribution in [-0.2, 0) is 6.54 Å². The van der Waals surface area contributed by atoms with E-state index in [1.807, 2.05) is 19.0 Å². The van der Waals surface area contributed by atoms with Crippen molar-refractivity contribution in [1.29, 1.82) is 0 Å². The number of nitrogens with zero attached hydrogens (tertiary/aromatic N) is 3. The summed E-state index contributed by atoms with van der Waals surface area (Å²) < 4.78 is 0. The standard InChI is InChI=1S/C13H23N5S.HI/c1-5-14-12(17-11-6-9(11)2)15-7-10-8-19-13(16-10)18(3)4;/h8-9,11H,5-7H2,1-4H3,(H2,14,15,17);1H. The van der Waals surface area contributed by atoms with Crippen molar-refractivity contribution in [3.05, 3.63) is 11.1 Å². The van der Waals surface area contributed by atoms with Gasteiger partial charge in [0.25, 0.3) is 0 Å². The van der Waals surface area contributed by atoms with Gasteiger partial charge in [0, 0.05) is 32.1 Å². The smallest absolute Gasteiger partial charge is 0.191 e. The number of thiazole rings is 1. The first-order valence-corrected chi connectivity index (χ1v) is 7.64. The van der Waals surface area contributed by atoms with Gasteiger partial charge in [0.1, 0.15) is 0 Å². The third kappa shape index (κ3) is 5.08. The second-order valence-corrected chi connectivity index (χ2v) is 6.01. The Balaban J connectivity index is 0.00000200. The molecule has 1 saturated carbocycles. The summed E-state index contributed by atoms with van der Waals surface area (Å²) in [5.41, 5.74) is 1.02. The molecule has 0 amide bonds. The highest BCUT2D eigenvalue weighted by Gasteiger charge is 2.33. The summed E-state index contributed by atoms with van der Waals surface area (Å²) in [6, 6.07) is 0.588. The van der Waals surface area contributed by atoms with Crippen LogP contribution in [0.2, 0.25) is 0 Å². The molecule has 0 radical (unpaired) electrons. The van der Waals surface area contributed by atoms with Crippen LogP contribution in [0.3, 0.4) is 0 Å². The number of nitrogens with one attached hydrogen (secondary N) is 2. The van der Waals surface area contributed by atoms with Gasteiger partial charge in [-0.25, -0.2) is 9.98 Å². The average Bonchev–Trinajstić information content (AvgIpc) is 2.89. The molecule has 0 aromatic carbocycles. The van der Waals surface area contributed by atoms with Gasteiger partial charge in [-0.3, -0.25) is 0 Å². The molecule has 2 N–H and O–H groups in total. The van der Waals surface area contributed by atoms with Crippen molar-refractivity contribution in [1.82, 2.24) is 15.6 Å². The zero-order chi connectivity index (χ0) is 13.8. The lowest BCUT2D eigenvalue weighted by atomic mass is 10.5. The van der Waals surface area contributed by atoms with E-state index >= 15 is 0 Å². The minimum absolute atomic E-state index is 0. The Morgan fingerprint density at radius 1 is 1.55 bits per heavy atom. The van der Waals surface area contributed by atoms with E-state index in [0.717, 1.165) is 29.2 Å². The van der Waals surface area contributed by atoms with E-state index in [2.05, 4.69) is 39.8 Å². The number of hydrogen-bond acceptors (Lipinski definition) is 4. The molecule has 1 heterocycles. The molecule has 20 heavy (non-hydrogen) atoms. The van der Waals surface area contributed by atoms with Crippen LogP contribution in [0, 0.1) is 5.92 Å². The number of halogens is 1. The van der Waals surface area contributed by atoms with E-state index in [-0.39, 0.29) is 24.0 Å². The maximum atomic E-state index is 4.59. The Bertz CT molecular complexity index is 446. The molecule has 0 saturated heterocycles. The highest BCUT2D eigenvalue weighted by Crippen LogP contribution is 2.28. The van der Waals surface area contributed by atoms with Crippen molar-refractivity contribution < 1.29 is 0 Å². The molecule has 114 valence electrons. The Kier molecular flexibility index (Phi) is 7.01. The third-order valence-corrected chi connectivity index (χ3v) is 4.15. The van der Waals surface area contributed by atoms with Crippen LogP contribution in [0.1, 0.15) is 26.0 Å². The molecule has 5 nitrogen and oxygen atoms in total. The van der Waals surface area contributed by atoms with E-state index in [9.17, 15) is 0 Å². The Morgan fingerprint density at radius 2 is 2.25 bits per heavy atom. The molecule has 1 fully saturated rings. The molecule has 7 heteroatoms. The molecule has 2 unspecified atom stereocenters. The minimum atomic E-state index is 0. The molecular formula is C13H24IN5S. The first-order valence-electron chi connectivity index (χ1n) is 6.76. The third-order valence-electron chi connectivity index (χ3n) is 3.10. The van der Waals surface area contributed by atoms with Crippen molar-refractivity contribution in [3.8, 4) is 0 Å².